The molecule has 0 bridgehead atoms. The summed E-state index contributed by atoms with van der Waals surface area (Å²) in [6, 6.07) is 11.1. The number of benzene rings is 1. The first-order valence-corrected chi connectivity index (χ1v) is 8.88. The molecule has 0 amide bonds. The van der Waals surface area contributed by atoms with Crippen molar-refractivity contribution in [1.29, 1.82) is 0 Å². The third-order valence-electron chi connectivity index (χ3n) is 3.14. The van der Waals surface area contributed by atoms with Crippen LogP contribution in [0.2, 0.25) is 0 Å². The summed E-state index contributed by atoms with van der Waals surface area (Å²) in [6.45, 7) is 4.49. The molecule has 114 valence electrons. The van der Waals surface area contributed by atoms with Gasteiger partial charge in [0, 0.05) is 18.5 Å². The lowest BCUT2D eigenvalue weighted by Gasteiger charge is -2.17. The molecule has 1 heterocycles. The molecule has 0 saturated carbocycles. The van der Waals surface area contributed by atoms with Crippen molar-refractivity contribution in [3.63, 3.8) is 0 Å². The van der Waals surface area contributed by atoms with Crippen molar-refractivity contribution in [2.24, 2.45) is 0 Å². The van der Waals surface area contributed by atoms with Gasteiger partial charge in [-0.2, -0.15) is 4.31 Å². The highest BCUT2D eigenvalue weighted by molar-refractivity contribution is 7.91. The Morgan fingerprint density at radius 2 is 1.86 bits per heavy atom. The highest BCUT2D eigenvalue weighted by Crippen LogP contribution is 2.23. The molecule has 6 heteroatoms. The van der Waals surface area contributed by atoms with Crippen molar-refractivity contribution >= 4 is 21.4 Å². The molecule has 0 unspecified atom stereocenters. The average Bonchev–Trinajstić information content (AvgIpc) is 2.88. The van der Waals surface area contributed by atoms with Gasteiger partial charge in [-0.3, -0.25) is 0 Å². The van der Waals surface area contributed by atoms with Gasteiger partial charge in [0.2, 0.25) is 0 Å². The molecule has 0 aliphatic carbocycles. The van der Waals surface area contributed by atoms with Crippen molar-refractivity contribution in [2.45, 2.75) is 18.1 Å². The van der Waals surface area contributed by atoms with Crippen LogP contribution in [0.4, 0.5) is 0 Å². The molecule has 2 rings (SSSR count). The molecule has 21 heavy (non-hydrogen) atoms. The molecule has 0 aliphatic rings. The van der Waals surface area contributed by atoms with Gasteiger partial charge in [-0.1, -0.05) is 18.2 Å². The van der Waals surface area contributed by atoms with E-state index in [1.807, 2.05) is 44.2 Å². The van der Waals surface area contributed by atoms with Gasteiger partial charge in [0.1, 0.15) is 16.6 Å². The molecule has 2 aromatic rings. The maximum Gasteiger partial charge on any atom is 0.252 e. The number of rotatable bonds is 6. The lowest BCUT2D eigenvalue weighted by atomic mass is 10.2. The Hall–Kier alpha value is -1.37. The second-order valence-electron chi connectivity index (χ2n) is 4.81. The Labute approximate surface area is 130 Å². The maximum atomic E-state index is 12.3. The summed E-state index contributed by atoms with van der Waals surface area (Å²) in [5.41, 5.74) is 1.04. The van der Waals surface area contributed by atoms with Gasteiger partial charge in [0.15, 0.2) is 0 Å². The fraction of sp³-hybridized carbons (Fsp3) is 0.333. The largest absolute Gasteiger partial charge is 0.492 e. The van der Waals surface area contributed by atoms with Gasteiger partial charge in [-0.25, -0.2) is 8.42 Å². The minimum absolute atomic E-state index is 0.313. The predicted octanol–water partition coefficient (Wildman–Crippen LogP) is 3.06. The zero-order chi connectivity index (χ0) is 15.5. The molecule has 0 radical (unpaired) electrons. The zero-order valence-corrected chi connectivity index (χ0v) is 14.0. The first-order valence-electron chi connectivity index (χ1n) is 6.62. The number of likely N-dealkylation sites (N-methyl/N-ethyl adjacent to an activating group) is 1. The van der Waals surface area contributed by atoms with Crippen LogP contribution in [0.5, 0.6) is 5.75 Å². The smallest absolute Gasteiger partial charge is 0.252 e. The third kappa shape index (κ3) is 3.84. The first-order chi connectivity index (χ1) is 9.91. The van der Waals surface area contributed by atoms with Crippen molar-refractivity contribution in [3.05, 3.63) is 46.8 Å². The van der Waals surface area contributed by atoms with Gasteiger partial charge < -0.3 is 4.74 Å². The van der Waals surface area contributed by atoms with E-state index >= 15 is 0 Å². The Morgan fingerprint density at radius 1 is 1.14 bits per heavy atom. The third-order valence-corrected chi connectivity index (χ3v) is 6.46. The molecule has 0 N–H and O–H groups in total. The molecule has 1 aromatic heterocycles. The van der Waals surface area contributed by atoms with Gasteiger partial charge in [0.05, 0.1) is 0 Å². The lowest BCUT2D eigenvalue weighted by Crippen LogP contribution is -2.30. The average molecular weight is 325 g/mol. The van der Waals surface area contributed by atoms with Crippen molar-refractivity contribution in [3.8, 4) is 5.75 Å². The number of sulfonamides is 1. The predicted molar refractivity (Wildman–Crippen MR) is 85.5 cm³/mol. The molecule has 1 aromatic carbocycles. The molecular weight excluding hydrogens is 306 g/mol. The SMILES string of the molecule is Cc1ccc(S(=O)(=O)N(C)CCOc2ccccc2C)s1. The molecule has 0 atom stereocenters. The van der Waals surface area contributed by atoms with Gasteiger partial charge in [-0.05, 0) is 37.6 Å². The number of para-hydroxylation sites is 1. The van der Waals surface area contributed by atoms with Crippen LogP contribution in [0.3, 0.4) is 0 Å². The number of nitrogens with zero attached hydrogens (tertiary/aromatic N) is 1. The molecule has 0 fully saturated rings. The van der Waals surface area contributed by atoms with E-state index in [1.54, 1.807) is 13.1 Å². The van der Waals surface area contributed by atoms with E-state index in [9.17, 15) is 8.42 Å². The normalized spacial score (nSPS) is 11.8. The summed E-state index contributed by atoms with van der Waals surface area (Å²) in [6.07, 6.45) is 0. The number of ether oxygens (including phenoxy) is 1. The lowest BCUT2D eigenvalue weighted by molar-refractivity contribution is 0.285. The van der Waals surface area contributed by atoms with Crippen LogP contribution < -0.4 is 4.74 Å². The standard InChI is InChI=1S/C15H19NO3S2/c1-12-6-4-5-7-14(12)19-11-10-16(3)21(17,18)15-9-8-13(2)20-15/h4-9H,10-11H2,1-3H3. The number of thiophene rings is 1. The Morgan fingerprint density at radius 3 is 2.48 bits per heavy atom. The second-order valence-corrected chi connectivity index (χ2v) is 8.37. The fourth-order valence-electron chi connectivity index (χ4n) is 1.83. The number of hydrogen-bond acceptors (Lipinski definition) is 4. The highest BCUT2D eigenvalue weighted by Gasteiger charge is 2.22. The van der Waals surface area contributed by atoms with E-state index in [1.165, 1.54) is 15.6 Å². The van der Waals surface area contributed by atoms with Crippen LogP contribution in [0.15, 0.2) is 40.6 Å². The molecule has 0 aliphatic heterocycles. The van der Waals surface area contributed by atoms with E-state index < -0.39 is 10.0 Å². The van der Waals surface area contributed by atoms with Gasteiger partial charge >= 0.3 is 0 Å². The minimum atomic E-state index is -3.41. The molecule has 0 spiro atoms. The molecule has 0 saturated heterocycles. The highest BCUT2D eigenvalue weighted by atomic mass is 32.2. The second kappa shape index (κ2) is 6.60. The number of hydrogen-bond donors (Lipinski definition) is 0. The van der Waals surface area contributed by atoms with Crippen LogP contribution in [0.25, 0.3) is 0 Å². The van der Waals surface area contributed by atoms with Crippen LogP contribution in [-0.2, 0) is 10.0 Å². The quantitative estimate of drug-likeness (QED) is 0.820. The summed E-state index contributed by atoms with van der Waals surface area (Å²) in [7, 11) is -1.84. The van der Waals surface area contributed by atoms with Crippen molar-refractivity contribution in [1.82, 2.24) is 4.31 Å². The van der Waals surface area contributed by atoms with Gasteiger partial charge in [0.25, 0.3) is 10.0 Å². The van der Waals surface area contributed by atoms with Crippen LogP contribution in [0.1, 0.15) is 10.4 Å². The van der Waals surface area contributed by atoms with Crippen molar-refractivity contribution in [2.75, 3.05) is 20.2 Å². The topological polar surface area (TPSA) is 46.6 Å². The van der Waals surface area contributed by atoms with Gasteiger partial charge in [-0.15, -0.1) is 11.3 Å². The summed E-state index contributed by atoms with van der Waals surface area (Å²) >= 11 is 1.28. The van der Waals surface area contributed by atoms with E-state index in [0.29, 0.717) is 17.4 Å². The van der Waals surface area contributed by atoms with Crippen LogP contribution in [-0.4, -0.2) is 32.9 Å². The maximum absolute atomic E-state index is 12.3. The van der Waals surface area contributed by atoms with E-state index in [2.05, 4.69) is 0 Å². The van der Waals surface area contributed by atoms with E-state index in [-0.39, 0.29) is 0 Å². The van der Waals surface area contributed by atoms with E-state index in [0.717, 1.165) is 16.2 Å². The minimum Gasteiger partial charge on any atom is -0.492 e. The Kier molecular flexibility index (Phi) is 5.03. The molecular formula is C15H19NO3S2. The Bertz CT molecular complexity index is 707. The molecule has 4 nitrogen and oxygen atoms in total. The fourth-order valence-corrected chi connectivity index (χ4v) is 4.48. The summed E-state index contributed by atoms with van der Waals surface area (Å²) in [5.74, 6) is 0.787. The summed E-state index contributed by atoms with van der Waals surface area (Å²) in [5, 5.41) is 0. The van der Waals surface area contributed by atoms with E-state index in [4.69, 9.17) is 4.74 Å². The summed E-state index contributed by atoms with van der Waals surface area (Å²) in [4.78, 5) is 0.984. The zero-order valence-electron chi connectivity index (χ0n) is 12.4. The number of aryl methyl sites for hydroxylation is 2. The van der Waals surface area contributed by atoms with Crippen LogP contribution >= 0.6 is 11.3 Å². The monoisotopic (exact) mass is 325 g/mol. The summed E-state index contributed by atoms with van der Waals surface area (Å²) < 4.78 is 32.0. The first kappa shape index (κ1) is 16.0. The van der Waals surface area contributed by atoms with Crippen molar-refractivity contribution < 1.29 is 13.2 Å². The van der Waals surface area contributed by atoms with Crippen LogP contribution in [0, 0.1) is 13.8 Å². The Balaban J connectivity index is 1.96.